The summed E-state index contributed by atoms with van der Waals surface area (Å²) < 4.78 is 1.07. The van der Waals surface area contributed by atoms with Crippen molar-refractivity contribution in [2.45, 2.75) is 12.8 Å². The predicted molar refractivity (Wildman–Crippen MR) is 141 cm³/mol. The number of hydrogen-bond donors (Lipinski definition) is 1. The standard InChI is InChI=1S/C27H23IN4O2/c28-23-9-8-20(17-22(23)25-21-6-2-1-5-18(21)10-14-30-25)31-26(33)19-11-15-32(16-12-19)27(34)24-7-3-4-13-29-24/h1-10,13-14,17,19H,11-12,15-16H2,(H,31,33). The maximum atomic E-state index is 13.0. The molecule has 4 aromatic rings. The molecule has 0 bridgehead atoms. The van der Waals surface area contributed by atoms with Crippen LogP contribution in [0.1, 0.15) is 23.3 Å². The largest absolute Gasteiger partial charge is 0.337 e. The molecule has 6 nitrogen and oxygen atoms in total. The number of benzene rings is 2. The summed E-state index contributed by atoms with van der Waals surface area (Å²) >= 11 is 2.31. The Morgan fingerprint density at radius 1 is 0.912 bits per heavy atom. The second-order valence-corrected chi connectivity index (χ2v) is 9.51. The number of anilines is 1. The van der Waals surface area contributed by atoms with Crippen LogP contribution in [-0.2, 0) is 4.79 Å². The van der Waals surface area contributed by atoms with Crippen LogP contribution in [0.25, 0.3) is 22.0 Å². The van der Waals surface area contributed by atoms with Gasteiger partial charge in [-0.1, -0.05) is 30.3 Å². The van der Waals surface area contributed by atoms with Gasteiger partial charge in [-0.25, -0.2) is 0 Å². The molecule has 2 amide bonds. The molecule has 1 aliphatic heterocycles. The van der Waals surface area contributed by atoms with Crippen molar-refractivity contribution in [3.05, 3.63) is 88.4 Å². The van der Waals surface area contributed by atoms with Gasteiger partial charge in [0.15, 0.2) is 0 Å². The van der Waals surface area contributed by atoms with E-state index in [1.165, 1.54) is 0 Å². The smallest absolute Gasteiger partial charge is 0.272 e. The summed E-state index contributed by atoms with van der Waals surface area (Å²) in [6, 6.07) is 21.4. The maximum absolute atomic E-state index is 13.0. The normalized spacial score (nSPS) is 14.2. The lowest BCUT2D eigenvalue weighted by atomic mass is 9.95. The highest BCUT2D eigenvalue weighted by Gasteiger charge is 2.28. The second-order valence-electron chi connectivity index (χ2n) is 8.35. The molecule has 0 unspecified atom stereocenters. The number of carbonyl (C=O) groups is 2. The Morgan fingerprint density at radius 2 is 1.71 bits per heavy atom. The highest BCUT2D eigenvalue weighted by Crippen LogP contribution is 2.32. The van der Waals surface area contributed by atoms with Gasteiger partial charge >= 0.3 is 0 Å². The minimum absolute atomic E-state index is 0.0111. The Balaban J connectivity index is 1.28. The molecule has 1 saturated heterocycles. The lowest BCUT2D eigenvalue weighted by Gasteiger charge is -2.31. The van der Waals surface area contributed by atoms with Gasteiger partial charge < -0.3 is 10.2 Å². The van der Waals surface area contributed by atoms with Gasteiger partial charge in [-0.05, 0) is 77.2 Å². The number of rotatable bonds is 4. The molecular weight excluding hydrogens is 539 g/mol. The summed E-state index contributed by atoms with van der Waals surface area (Å²) in [7, 11) is 0. The van der Waals surface area contributed by atoms with E-state index in [-0.39, 0.29) is 17.7 Å². The number of halogens is 1. The number of nitrogens with one attached hydrogen (secondary N) is 1. The number of pyridine rings is 2. The van der Waals surface area contributed by atoms with Gasteiger partial charge in [-0.2, -0.15) is 0 Å². The molecule has 5 rings (SSSR count). The zero-order chi connectivity index (χ0) is 23.5. The zero-order valence-electron chi connectivity index (χ0n) is 18.4. The molecule has 1 N–H and O–H groups in total. The van der Waals surface area contributed by atoms with Crippen LogP contribution in [0.5, 0.6) is 0 Å². The number of aromatic nitrogens is 2. The third-order valence-electron chi connectivity index (χ3n) is 6.20. The Hall–Kier alpha value is -3.33. The van der Waals surface area contributed by atoms with Gasteiger partial charge in [0.25, 0.3) is 5.91 Å². The SMILES string of the molecule is O=C(Nc1ccc(I)c(-c2nccc3ccccc23)c1)C1CCN(C(=O)c2ccccn2)CC1. The van der Waals surface area contributed by atoms with Crippen molar-refractivity contribution >= 4 is 50.9 Å². The third-order valence-corrected chi connectivity index (χ3v) is 7.14. The van der Waals surface area contributed by atoms with Crippen LogP contribution in [0, 0.1) is 9.49 Å². The fourth-order valence-electron chi connectivity index (χ4n) is 4.36. The van der Waals surface area contributed by atoms with E-state index in [0.717, 1.165) is 31.3 Å². The summed E-state index contributed by atoms with van der Waals surface area (Å²) in [6.45, 7) is 1.09. The molecule has 2 aromatic carbocycles. The van der Waals surface area contributed by atoms with Crippen molar-refractivity contribution in [3.8, 4) is 11.3 Å². The van der Waals surface area contributed by atoms with E-state index >= 15 is 0 Å². The number of carbonyl (C=O) groups excluding carboxylic acids is 2. The topological polar surface area (TPSA) is 75.2 Å². The highest BCUT2D eigenvalue weighted by molar-refractivity contribution is 14.1. The zero-order valence-corrected chi connectivity index (χ0v) is 20.6. The molecule has 0 atom stereocenters. The summed E-state index contributed by atoms with van der Waals surface area (Å²) in [6.07, 6.45) is 4.70. The molecule has 1 fully saturated rings. The Labute approximate surface area is 211 Å². The van der Waals surface area contributed by atoms with Crippen LogP contribution < -0.4 is 5.32 Å². The van der Waals surface area contributed by atoms with Crippen molar-refractivity contribution in [2.24, 2.45) is 5.92 Å². The van der Waals surface area contributed by atoms with Gasteiger partial charge in [-0.3, -0.25) is 19.6 Å². The first-order valence-corrected chi connectivity index (χ1v) is 12.3. The van der Waals surface area contributed by atoms with Crippen molar-refractivity contribution < 1.29 is 9.59 Å². The van der Waals surface area contributed by atoms with Crippen LogP contribution in [0.15, 0.2) is 79.1 Å². The monoisotopic (exact) mass is 562 g/mol. The quantitative estimate of drug-likeness (QED) is 0.339. The first-order valence-electron chi connectivity index (χ1n) is 11.2. The van der Waals surface area contributed by atoms with Gasteiger partial charge in [0, 0.05) is 51.6 Å². The fourth-order valence-corrected chi connectivity index (χ4v) is 4.95. The van der Waals surface area contributed by atoms with Gasteiger partial charge in [0.05, 0.1) is 5.69 Å². The van der Waals surface area contributed by atoms with E-state index in [1.54, 1.807) is 23.2 Å². The lowest BCUT2D eigenvalue weighted by molar-refractivity contribution is -0.121. The van der Waals surface area contributed by atoms with Crippen LogP contribution in [0.4, 0.5) is 5.69 Å². The van der Waals surface area contributed by atoms with E-state index in [2.05, 4.69) is 50.0 Å². The molecular formula is C27H23IN4O2. The molecule has 0 radical (unpaired) electrons. The highest BCUT2D eigenvalue weighted by atomic mass is 127. The minimum atomic E-state index is -0.133. The summed E-state index contributed by atoms with van der Waals surface area (Å²) in [4.78, 5) is 36.2. The van der Waals surface area contributed by atoms with Crippen molar-refractivity contribution in [1.82, 2.24) is 14.9 Å². The van der Waals surface area contributed by atoms with Crippen LogP contribution >= 0.6 is 22.6 Å². The first kappa shape index (κ1) is 22.5. The number of likely N-dealkylation sites (tertiary alicyclic amines) is 1. The van der Waals surface area contributed by atoms with Crippen molar-refractivity contribution in [1.29, 1.82) is 0 Å². The third kappa shape index (κ3) is 4.65. The number of fused-ring (bicyclic) bond motifs is 1. The molecule has 3 heterocycles. The maximum Gasteiger partial charge on any atom is 0.272 e. The molecule has 34 heavy (non-hydrogen) atoms. The van der Waals surface area contributed by atoms with E-state index in [0.29, 0.717) is 31.6 Å². The molecule has 7 heteroatoms. The molecule has 0 spiro atoms. The Kier molecular flexibility index (Phi) is 6.53. The van der Waals surface area contributed by atoms with E-state index in [1.807, 2.05) is 48.7 Å². The molecule has 0 aliphatic carbocycles. The predicted octanol–water partition coefficient (Wildman–Crippen LogP) is 5.39. The number of hydrogen-bond acceptors (Lipinski definition) is 4. The average Bonchev–Trinajstić information content (AvgIpc) is 2.89. The number of amides is 2. The molecule has 2 aromatic heterocycles. The van der Waals surface area contributed by atoms with E-state index < -0.39 is 0 Å². The van der Waals surface area contributed by atoms with E-state index in [9.17, 15) is 9.59 Å². The lowest BCUT2D eigenvalue weighted by Crippen LogP contribution is -2.41. The van der Waals surface area contributed by atoms with Crippen LogP contribution in [0.2, 0.25) is 0 Å². The van der Waals surface area contributed by atoms with E-state index in [4.69, 9.17) is 0 Å². The minimum Gasteiger partial charge on any atom is -0.337 e. The summed E-state index contributed by atoms with van der Waals surface area (Å²) in [5.74, 6) is -0.224. The first-order chi connectivity index (χ1) is 16.6. The van der Waals surface area contributed by atoms with Crippen molar-refractivity contribution in [2.75, 3.05) is 18.4 Å². The summed E-state index contributed by atoms with van der Waals surface area (Å²) in [5, 5.41) is 5.30. The fraction of sp³-hybridized carbons (Fsp3) is 0.185. The van der Waals surface area contributed by atoms with Crippen LogP contribution in [-0.4, -0.2) is 39.8 Å². The Bertz CT molecular complexity index is 1350. The average molecular weight is 562 g/mol. The second kappa shape index (κ2) is 9.89. The number of nitrogens with zero attached hydrogens (tertiary/aromatic N) is 3. The van der Waals surface area contributed by atoms with Gasteiger partial charge in [-0.15, -0.1) is 0 Å². The van der Waals surface area contributed by atoms with Crippen LogP contribution in [0.3, 0.4) is 0 Å². The number of piperidine rings is 1. The molecule has 1 aliphatic rings. The molecule has 170 valence electrons. The van der Waals surface area contributed by atoms with Gasteiger partial charge in [0.1, 0.15) is 5.69 Å². The molecule has 0 saturated carbocycles. The Morgan fingerprint density at radius 3 is 2.50 bits per heavy atom. The van der Waals surface area contributed by atoms with Gasteiger partial charge in [0.2, 0.25) is 5.91 Å². The van der Waals surface area contributed by atoms with Crippen molar-refractivity contribution in [3.63, 3.8) is 0 Å². The summed E-state index contributed by atoms with van der Waals surface area (Å²) in [5.41, 5.74) is 3.09.